The van der Waals surface area contributed by atoms with Gasteiger partial charge in [0.05, 0.1) is 17.6 Å². The number of benzene rings is 4. The third kappa shape index (κ3) is 6.11. The number of nitrogens with zero attached hydrogens (tertiary/aromatic N) is 2. The number of aryl methyl sites for hydroxylation is 1. The van der Waals surface area contributed by atoms with Crippen molar-refractivity contribution in [2.45, 2.75) is 52.0 Å². The number of aromatic nitrogens is 2. The minimum atomic E-state index is 0.160. The lowest BCUT2D eigenvalue weighted by molar-refractivity contribution is 0.303. The highest BCUT2D eigenvalue weighted by Gasteiger charge is 2.13. The first-order valence-corrected chi connectivity index (χ1v) is 13.3. The van der Waals surface area contributed by atoms with Crippen molar-refractivity contribution in [3.8, 4) is 16.9 Å². The van der Waals surface area contributed by atoms with Gasteiger partial charge < -0.3 is 9.30 Å². The molecule has 0 unspecified atom stereocenters. The standard InChI is InChI=1S/C34H36N2O/c1-34(2,3)29-19-21-30(22-20-29)37-24-10-9-23-36-32-14-8-7-13-31(32)35-33(36)25-26-15-17-28(18-16-26)27-11-5-4-6-12-27/h4-8,11-22H,9-10,23-25H2,1-3H3. The maximum atomic E-state index is 6.03. The zero-order chi connectivity index (χ0) is 25.7. The Labute approximate surface area is 220 Å². The van der Waals surface area contributed by atoms with Crippen molar-refractivity contribution in [3.05, 3.63) is 120 Å². The number of ether oxygens (including phenoxy) is 1. The third-order valence-corrected chi connectivity index (χ3v) is 6.92. The molecule has 0 N–H and O–H groups in total. The first-order valence-electron chi connectivity index (χ1n) is 13.3. The van der Waals surface area contributed by atoms with Crippen molar-refractivity contribution in [1.82, 2.24) is 9.55 Å². The summed E-state index contributed by atoms with van der Waals surface area (Å²) in [5.41, 5.74) is 7.52. The fraction of sp³-hybridized carbons (Fsp3) is 0.265. The molecular formula is C34H36N2O. The van der Waals surface area contributed by atoms with Gasteiger partial charge in [-0.25, -0.2) is 4.98 Å². The van der Waals surface area contributed by atoms with E-state index in [0.29, 0.717) is 0 Å². The zero-order valence-electron chi connectivity index (χ0n) is 22.2. The lowest BCUT2D eigenvalue weighted by atomic mass is 9.87. The smallest absolute Gasteiger partial charge is 0.119 e. The van der Waals surface area contributed by atoms with E-state index in [2.05, 4.69) is 128 Å². The summed E-state index contributed by atoms with van der Waals surface area (Å²) in [6.07, 6.45) is 2.86. The Kier molecular flexibility index (Phi) is 7.41. The Morgan fingerprint density at radius 2 is 1.38 bits per heavy atom. The summed E-state index contributed by atoms with van der Waals surface area (Å²) >= 11 is 0. The molecular weight excluding hydrogens is 452 g/mol. The highest BCUT2D eigenvalue weighted by atomic mass is 16.5. The summed E-state index contributed by atoms with van der Waals surface area (Å²) in [7, 11) is 0. The van der Waals surface area contributed by atoms with Crippen molar-refractivity contribution >= 4 is 11.0 Å². The van der Waals surface area contributed by atoms with Crippen LogP contribution in [0.5, 0.6) is 5.75 Å². The molecule has 37 heavy (non-hydrogen) atoms. The van der Waals surface area contributed by atoms with Gasteiger partial charge in [0.2, 0.25) is 0 Å². The molecule has 3 heteroatoms. The second kappa shape index (κ2) is 11.0. The Morgan fingerprint density at radius 3 is 2.11 bits per heavy atom. The van der Waals surface area contributed by atoms with Crippen molar-refractivity contribution < 1.29 is 4.74 Å². The average Bonchev–Trinajstić information content (AvgIpc) is 3.26. The molecule has 5 rings (SSSR count). The first-order chi connectivity index (χ1) is 18.0. The molecule has 5 aromatic rings. The number of para-hydroxylation sites is 2. The highest BCUT2D eigenvalue weighted by Crippen LogP contribution is 2.25. The van der Waals surface area contributed by atoms with E-state index < -0.39 is 0 Å². The Bertz CT molecular complexity index is 1430. The quantitative estimate of drug-likeness (QED) is 0.195. The van der Waals surface area contributed by atoms with E-state index in [4.69, 9.17) is 9.72 Å². The molecule has 0 amide bonds. The van der Waals surface area contributed by atoms with Crippen LogP contribution in [-0.2, 0) is 18.4 Å². The molecule has 4 aromatic carbocycles. The molecule has 0 saturated carbocycles. The van der Waals surface area contributed by atoms with Gasteiger partial charge in [-0.05, 0) is 64.8 Å². The molecule has 1 heterocycles. The second-order valence-corrected chi connectivity index (χ2v) is 10.7. The fourth-order valence-electron chi connectivity index (χ4n) is 4.75. The van der Waals surface area contributed by atoms with Crippen molar-refractivity contribution in [3.63, 3.8) is 0 Å². The largest absolute Gasteiger partial charge is 0.494 e. The molecule has 0 saturated heterocycles. The molecule has 0 radical (unpaired) electrons. The number of fused-ring (bicyclic) bond motifs is 1. The topological polar surface area (TPSA) is 27.1 Å². The van der Waals surface area contributed by atoms with Crippen molar-refractivity contribution in [2.24, 2.45) is 0 Å². The van der Waals surface area contributed by atoms with Gasteiger partial charge >= 0.3 is 0 Å². The molecule has 3 nitrogen and oxygen atoms in total. The van der Waals surface area contributed by atoms with Crippen LogP contribution in [0.2, 0.25) is 0 Å². The van der Waals surface area contributed by atoms with Crippen LogP contribution in [0.1, 0.15) is 50.6 Å². The maximum Gasteiger partial charge on any atom is 0.119 e. The summed E-state index contributed by atoms with van der Waals surface area (Å²) < 4.78 is 8.42. The van der Waals surface area contributed by atoms with Gasteiger partial charge in [-0.15, -0.1) is 0 Å². The molecule has 188 valence electrons. The molecule has 0 spiro atoms. The van der Waals surface area contributed by atoms with Gasteiger partial charge in [0, 0.05) is 13.0 Å². The van der Waals surface area contributed by atoms with Crippen LogP contribution in [0, 0.1) is 0 Å². The Balaban J connectivity index is 1.22. The molecule has 0 fully saturated rings. The average molecular weight is 489 g/mol. The van der Waals surface area contributed by atoms with E-state index in [0.717, 1.165) is 49.5 Å². The Morgan fingerprint density at radius 1 is 0.703 bits per heavy atom. The highest BCUT2D eigenvalue weighted by molar-refractivity contribution is 5.76. The monoisotopic (exact) mass is 488 g/mol. The molecule has 1 aromatic heterocycles. The van der Waals surface area contributed by atoms with E-state index in [9.17, 15) is 0 Å². The minimum absolute atomic E-state index is 0.160. The number of imidazole rings is 1. The van der Waals surface area contributed by atoms with Crippen LogP contribution in [0.3, 0.4) is 0 Å². The summed E-state index contributed by atoms with van der Waals surface area (Å²) in [5, 5.41) is 0. The lowest BCUT2D eigenvalue weighted by Crippen LogP contribution is -2.10. The van der Waals surface area contributed by atoms with Crippen LogP contribution >= 0.6 is 0 Å². The van der Waals surface area contributed by atoms with Crippen molar-refractivity contribution in [2.75, 3.05) is 6.61 Å². The second-order valence-electron chi connectivity index (χ2n) is 10.7. The van der Waals surface area contributed by atoms with Gasteiger partial charge in [0.1, 0.15) is 11.6 Å². The first kappa shape index (κ1) is 24.8. The van der Waals surface area contributed by atoms with E-state index >= 15 is 0 Å². The molecule has 0 atom stereocenters. The molecule has 0 aliphatic carbocycles. The summed E-state index contributed by atoms with van der Waals surface area (Å²) in [6, 6.07) is 36.4. The minimum Gasteiger partial charge on any atom is -0.494 e. The van der Waals surface area contributed by atoms with Gasteiger partial charge in [0.25, 0.3) is 0 Å². The summed E-state index contributed by atoms with van der Waals surface area (Å²) in [6.45, 7) is 8.35. The van der Waals surface area contributed by atoms with Gasteiger partial charge in [-0.2, -0.15) is 0 Å². The van der Waals surface area contributed by atoms with Crippen LogP contribution in [-0.4, -0.2) is 16.2 Å². The Hall–Kier alpha value is -3.85. The molecule has 0 aliphatic heterocycles. The van der Waals surface area contributed by atoms with E-state index in [1.54, 1.807) is 0 Å². The lowest BCUT2D eigenvalue weighted by Gasteiger charge is -2.19. The van der Waals surface area contributed by atoms with Gasteiger partial charge in [0.15, 0.2) is 0 Å². The van der Waals surface area contributed by atoms with Crippen LogP contribution in [0.15, 0.2) is 103 Å². The van der Waals surface area contributed by atoms with Gasteiger partial charge in [-0.1, -0.05) is 99.6 Å². The molecule has 0 bridgehead atoms. The maximum absolute atomic E-state index is 6.03. The van der Waals surface area contributed by atoms with E-state index in [-0.39, 0.29) is 5.41 Å². The normalized spacial score (nSPS) is 11.6. The van der Waals surface area contributed by atoms with E-state index in [1.165, 1.54) is 27.8 Å². The van der Waals surface area contributed by atoms with Crippen molar-refractivity contribution in [1.29, 1.82) is 0 Å². The summed E-state index contributed by atoms with van der Waals surface area (Å²) in [5.74, 6) is 2.06. The third-order valence-electron chi connectivity index (χ3n) is 6.92. The predicted molar refractivity (Wildman–Crippen MR) is 154 cm³/mol. The number of hydrogen-bond donors (Lipinski definition) is 0. The molecule has 0 aliphatic rings. The zero-order valence-corrected chi connectivity index (χ0v) is 22.2. The fourth-order valence-corrected chi connectivity index (χ4v) is 4.75. The van der Waals surface area contributed by atoms with Gasteiger partial charge in [-0.3, -0.25) is 0 Å². The summed E-state index contributed by atoms with van der Waals surface area (Å²) in [4.78, 5) is 4.99. The van der Waals surface area contributed by atoms with Crippen LogP contribution in [0.4, 0.5) is 0 Å². The number of unbranched alkanes of at least 4 members (excludes halogenated alkanes) is 1. The van der Waals surface area contributed by atoms with E-state index in [1.807, 2.05) is 0 Å². The predicted octanol–water partition coefficient (Wildman–Crippen LogP) is 8.45. The van der Waals surface area contributed by atoms with Crippen LogP contribution in [0.25, 0.3) is 22.2 Å². The number of hydrogen-bond acceptors (Lipinski definition) is 2. The SMILES string of the molecule is CC(C)(C)c1ccc(OCCCCn2c(Cc3ccc(-c4ccccc4)cc3)nc3ccccc32)cc1. The van der Waals surface area contributed by atoms with Crippen LogP contribution < -0.4 is 4.74 Å². The number of rotatable bonds is 9.